The van der Waals surface area contributed by atoms with Crippen LogP contribution in [0.15, 0.2) is 60.9 Å². The van der Waals surface area contributed by atoms with E-state index in [0.29, 0.717) is 41.6 Å². The Morgan fingerprint density at radius 1 is 1.15 bits per heavy atom. The van der Waals surface area contributed by atoms with Crippen LogP contribution in [0.3, 0.4) is 0 Å². The van der Waals surface area contributed by atoms with Crippen LogP contribution in [0.4, 0.5) is 5.69 Å². The summed E-state index contributed by atoms with van der Waals surface area (Å²) in [7, 11) is 0. The molecular formula is C31H39ClN6O2. The lowest BCUT2D eigenvalue weighted by molar-refractivity contribution is 0.00228. The number of nitrogens with one attached hydrogen (secondary N) is 2. The molecule has 0 spiro atoms. The zero-order chi connectivity index (χ0) is 28.1. The number of benzene rings is 1. The molecule has 2 aromatic heterocycles. The minimum Gasteiger partial charge on any atom is -0.352 e. The van der Waals surface area contributed by atoms with Crippen molar-refractivity contribution < 1.29 is 9.53 Å². The zero-order valence-corrected chi connectivity index (χ0v) is 24.3. The second-order valence-electron chi connectivity index (χ2n) is 10.8. The third-order valence-electron chi connectivity index (χ3n) is 8.16. The number of anilines is 1. The van der Waals surface area contributed by atoms with E-state index in [9.17, 15) is 4.79 Å². The highest BCUT2D eigenvalue weighted by Crippen LogP contribution is 2.36. The third kappa shape index (κ3) is 6.63. The number of aromatic nitrogens is 2. The molecule has 0 saturated carbocycles. The molecule has 212 valence electrons. The van der Waals surface area contributed by atoms with E-state index in [-0.39, 0.29) is 18.3 Å². The molecule has 2 aliphatic heterocycles. The molecule has 0 bridgehead atoms. The normalized spacial score (nSPS) is 21.3. The lowest BCUT2D eigenvalue weighted by Crippen LogP contribution is -2.51. The van der Waals surface area contributed by atoms with Crippen molar-refractivity contribution in [3.05, 3.63) is 88.5 Å². The Morgan fingerprint density at radius 2 is 1.93 bits per heavy atom. The highest BCUT2D eigenvalue weighted by molar-refractivity contribution is 6.29. The zero-order valence-electron chi connectivity index (χ0n) is 23.5. The fourth-order valence-corrected chi connectivity index (χ4v) is 6.32. The van der Waals surface area contributed by atoms with Crippen LogP contribution in [-0.4, -0.2) is 70.4 Å². The Hall–Kier alpha value is -3.04. The summed E-state index contributed by atoms with van der Waals surface area (Å²) in [5.74, 6) is -0.0850. The van der Waals surface area contributed by atoms with Crippen LogP contribution in [0.5, 0.6) is 0 Å². The number of likely N-dealkylation sites (tertiary alicyclic amines) is 1. The third-order valence-corrected chi connectivity index (χ3v) is 8.36. The quantitative estimate of drug-likeness (QED) is 0.347. The van der Waals surface area contributed by atoms with Gasteiger partial charge in [0.15, 0.2) is 6.35 Å². The van der Waals surface area contributed by atoms with Crippen LogP contribution in [-0.2, 0) is 4.74 Å². The lowest BCUT2D eigenvalue weighted by Gasteiger charge is -2.42. The Kier molecular flexibility index (Phi) is 9.32. The van der Waals surface area contributed by atoms with Gasteiger partial charge in [-0.05, 0) is 82.4 Å². The van der Waals surface area contributed by atoms with Gasteiger partial charge in [-0.25, -0.2) is 9.88 Å². The van der Waals surface area contributed by atoms with Crippen LogP contribution < -0.4 is 10.6 Å². The first-order valence-corrected chi connectivity index (χ1v) is 14.5. The number of piperidine rings is 1. The SMILES string of the molecule is Cc1cc(Cl)nc(C)c1C(=O)NCCC(C)N1CCC(N2C(Nc3cccnc3)OCC2c2ccccc2)CC1. The smallest absolute Gasteiger partial charge is 0.253 e. The number of nitrogens with zero attached hydrogens (tertiary/aromatic N) is 4. The monoisotopic (exact) mass is 562 g/mol. The van der Waals surface area contributed by atoms with Crippen LogP contribution in [0, 0.1) is 13.8 Å². The summed E-state index contributed by atoms with van der Waals surface area (Å²) in [5.41, 5.74) is 4.37. The molecule has 3 unspecified atom stereocenters. The highest BCUT2D eigenvalue weighted by Gasteiger charge is 2.41. The van der Waals surface area contributed by atoms with Crippen LogP contribution in [0.25, 0.3) is 0 Å². The van der Waals surface area contributed by atoms with Gasteiger partial charge in [0.05, 0.1) is 35.8 Å². The molecule has 2 fully saturated rings. The van der Waals surface area contributed by atoms with Crippen molar-refractivity contribution >= 4 is 23.2 Å². The fourth-order valence-electron chi connectivity index (χ4n) is 6.03. The van der Waals surface area contributed by atoms with Crippen LogP contribution in [0.1, 0.15) is 59.4 Å². The van der Waals surface area contributed by atoms with Crippen molar-refractivity contribution in [3.8, 4) is 0 Å². The van der Waals surface area contributed by atoms with Gasteiger partial charge in [0.2, 0.25) is 0 Å². The van der Waals surface area contributed by atoms with E-state index in [0.717, 1.165) is 43.6 Å². The van der Waals surface area contributed by atoms with E-state index in [1.807, 2.05) is 32.2 Å². The average Bonchev–Trinajstić information content (AvgIpc) is 3.37. The minimum absolute atomic E-state index is 0.0850. The van der Waals surface area contributed by atoms with Gasteiger partial charge >= 0.3 is 0 Å². The molecule has 40 heavy (non-hydrogen) atoms. The number of ether oxygens (including phenoxy) is 1. The van der Waals surface area contributed by atoms with E-state index in [1.165, 1.54) is 5.56 Å². The molecule has 4 heterocycles. The van der Waals surface area contributed by atoms with Gasteiger partial charge in [-0.2, -0.15) is 0 Å². The molecule has 2 N–H and O–H groups in total. The molecule has 0 aliphatic carbocycles. The number of amides is 1. The van der Waals surface area contributed by atoms with Crippen molar-refractivity contribution in [2.24, 2.45) is 0 Å². The summed E-state index contributed by atoms with van der Waals surface area (Å²) in [4.78, 5) is 26.4. The van der Waals surface area contributed by atoms with Crippen molar-refractivity contribution in [1.82, 2.24) is 25.1 Å². The Morgan fingerprint density at radius 3 is 2.62 bits per heavy atom. The van der Waals surface area contributed by atoms with Gasteiger partial charge in [0.25, 0.3) is 5.91 Å². The molecule has 0 radical (unpaired) electrons. The van der Waals surface area contributed by atoms with E-state index in [1.54, 1.807) is 12.3 Å². The van der Waals surface area contributed by atoms with Gasteiger partial charge in [-0.3, -0.25) is 9.78 Å². The van der Waals surface area contributed by atoms with E-state index < -0.39 is 0 Å². The second-order valence-corrected chi connectivity index (χ2v) is 11.2. The number of halogens is 1. The summed E-state index contributed by atoms with van der Waals surface area (Å²) >= 11 is 6.03. The maximum absolute atomic E-state index is 12.8. The van der Waals surface area contributed by atoms with Crippen LogP contribution in [0.2, 0.25) is 5.15 Å². The molecule has 2 saturated heterocycles. The van der Waals surface area contributed by atoms with Crippen molar-refractivity contribution in [2.45, 2.75) is 64.5 Å². The van der Waals surface area contributed by atoms with E-state index >= 15 is 0 Å². The van der Waals surface area contributed by atoms with Crippen molar-refractivity contribution in [1.29, 1.82) is 0 Å². The molecule has 5 rings (SSSR count). The van der Waals surface area contributed by atoms with Crippen molar-refractivity contribution in [3.63, 3.8) is 0 Å². The number of hydrogen-bond donors (Lipinski definition) is 2. The summed E-state index contributed by atoms with van der Waals surface area (Å²) in [6, 6.07) is 17.3. The van der Waals surface area contributed by atoms with E-state index in [2.05, 4.69) is 67.7 Å². The summed E-state index contributed by atoms with van der Waals surface area (Å²) in [5, 5.41) is 7.07. The predicted molar refractivity (Wildman–Crippen MR) is 158 cm³/mol. The second kappa shape index (κ2) is 13.1. The van der Waals surface area contributed by atoms with Gasteiger partial charge < -0.3 is 20.3 Å². The molecule has 3 aromatic rings. The maximum Gasteiger partial charge on any atom is 0.253 e. The molecule has 8 nitrogen and oxygen atoms in total. The molecule has 2 aliphatic rings. The Labute approximate surface area is 242 Å². The van der Waals surface area contributed by atoms with Gasteiger partial charge in [0, 0.05) is 24.8 Å². The van der Waals surface area contributed by atoms with Gasteiger partial charge in [-0.15, -0.1) is 0 Å². The molecule has 3 atom stereocenters. The van der Waals surface area contributed by atoms with Crippen molar-refractivity contribution in [2.75, 3.05) is 31.6 Å². The number of carbonyl (C=O) groups excluding carboxylic acids is 1. The number of carbonyl (C=O) groups is 1. The Bertz CT molecular complexity index is 1250. The van der Waals surface area contributed by atoms with Gasteiger partial charge in [-0.1, -0.05) is 41.9 Å². The van der Waals surface area contributed by atoms with E-state index in [4.69, 9.17) is 16.3 Å². The number of rotatable bonds is 9. The molecular weight excluding hydrogens is 524 g/mol. The minimum atomic E-state index is -0.201. The number of aryl methyl sites for hydroxylation is 2. The highest BCUT2D eigenvalue weighted by atomic mass is 35.5. The first kappa shape index (κ1) is 28.5. The first-order chi connectivity index (χ1) is 19.4. The van der Waals surface area contributed by atoms with Crippen LogP contribution >= 0.6 is 11.6 Å². The largest absolute Gasteiger partial charge is 0.352 e. The number of hydrogen-bond acceptors (Lipinski definition) is 7. The summed E-state index contributed by atoms with van der Waals surface area (Å²) in [6.07, 6.45) is 6.43. The lowest BCUT2D eigenvalue weighted by atomic mass is 9.97. The molecule has 9 heteroatoms. The first-order valence-electron chi connectivity index (χ1n) is 14.2. The maximum atomic E-state index is 12.8. The Balaban J connectivity index is 1.17. The predicted octanol–water partition coefficient (Wildman–Crippen LogP) is 5.19. The van der Waals surface area contributed by atoms with Gasteiger partial charge in [0.1, 0.15) is 5.15 Å². The fraction of sp³-hybridized carbons (Fsp3) is 0.452. The molecule has 1 aromatic carbocycles. The standard InChI is InChI=1S/C31H39ClN6O2/c1-21-18-28(32)35-23(3)29(21)30(39)34-15-11-22(2)37-16-12-26(13-17-37)38-27(24-8-5-4-6-9-24)20-40-31(38)36-25-10-7-14-33-19-25/h4-10,14,18-19,22,26-27,31,36H,11-13,15-17,20H2,1-3H3,(H,34,39). The average molecular weight is 563 g/mol. The summed E-state index contributed by atoms with van der Waals surface area (Å²) in [6.45, 7) is 9.27. The number of pyridine rings is 2. The summed E-state index contributed by atoms with van der Waals surface area (Å²) < 4.78 is 6.32. The molecule has 1 amide bonds. The topological polar surface area (TPSA) is 82.6 Å².